The molecule has 1 N–H and O–H groups in total. The number of rotatable bonds is 7. The second-order valence-corrected chi connectivity index (χ2v) is 7.97. The summed E-state index contributed by atoms with van der Waals surface area (Å²) in [7, 11) is 0. The number of aromatic nitrogens is 2. The van der Waals surface area contributed by atoms with Crippen molar-refractivity contribution in [2.24, 2.45) is 0 Å². The molecule has 27 heavy (non-hydrogen) atoms. The molecular formula is C22H22BrN3O. The van der Waals surface area contributed by atoms with Crippen LogP contribution in [0.3, 0.4) is 0 Å². The summed E-state index contributed by atoms with van der Waals surface area (Å²) in [5, 5.41) is 3.12. The minimum absolute atomic E-state index is 0.131. The third-order valence-electron chi connectivity index (χ3n) is 5.21. The van der Waals surface area contributed by atoms with E-state index in [0.29, 0.717) is 6.54 Å². The van der Waals surface area contributed by atoms with Gasteiger partial charge in [-0.1, -0.05) is 58.4 Å². The highest BCUT2D eigenvalue weighted by Crippen LogP contribution is 2.48. The lowest BCUT2D eigenvalue weighted by atomic mass is 9.95. The SMILES string of the molecule is O=C(NCCc1nccn1Cc1ccccc1)C1(c2ccc(Br)cc2)CC1. The summed E-state index contributed by atoms with van der Waals surface area (Å²) in [5.74, 6) is 1.12. The van der Waals surface area contributed by atoms with E-state index in [0.717, 1.165) is 41.7 Å². The highest BCUT2D eigenvalue weighted by atomic mass is 79.9. The molecule has 1 heterocycles. The van der Waals surface area contributed by atoms with Crippen LogP contribution in [0.5, 0.6) is 0 Å². The van der Waals surface area contributed by atoms with Gasteiger partial charge >= 0.3 is 0 Å². The Bertz CT molecular complexity index is 914. The van der Waals surface area contributed by atoms with Crippen LogP contribution in [0.4, 0.5) is 0 Å². The number of hydrogen-bond acceptors (Lipinski definition) is 2. The number of imidazole rings is 1. The van der Waals surface area contributed by atoms with Crippen LogP contribution in [0.2, 0.25) is 0 Å². The third kappa shape index (κ3) is 3.98. The molecule has 0 atom stereocenters. The van der Waals surface area contributed by atoms with E-state index in [2.05, 4.69) is 42.9 Å². The molecule has 0 spiro atoms. The van der Waals surface area contributed by atoms with Crippen molar-refractivity contribution in [1.29, 1.82) is 0 Å². The van der Waals surface area contributed by atoms with Gasteiger partial charge in [0.05, 0.1) is 5.41 Å². The third-order valence-corrected chi connectivity index (χ3v) is 5.74. The van der Waals surface area contributed by atoms with Crippen molar-refractivity contribution in [1.82, 2.24) is 14.9 Å². The molecular weight excluding hydrogens is 402 g/mol. The molecule has 0 radical (unpaired) electrons. The van der Waals surface area contributed by atoms with Crippen LogP contribution >= 0.6 is 15.9 Å². The maximum absolute atomic E-state index is 12.8. The minimum atomic E-state index is -0.333. The molecule has 4 nitrogen and oxygen atoms in total. The van der Waals surface area contributed by atoms with Crippen molar-refractivity contribution in [3.63, 3.8) is 0 Å². The standard InChI is InChI=1S/C22H22BrN3O/c23-19-8-6-18(7-9-19)22(11-12-22)21(27)25-13-10-20-24-14-15-26(20)16-17-4-2-1-3-5-17/h1-9,14-15H,10-13,16H2,(H,25,27). The first kappa shape index (κ1) is 18.0. The van der Waals surface area contributed by atoms with E-state index in [4.69, 9.17) is 0 Å². The van der Waals surface area contributed by atoms with Crippen molar-refractivity contribution in [2.75, 3.05) is 6.54 Å². The molecule has 3 aromatic rings. The van der Waals surface area contributed by atoms with Gasteiger partial charge in [-0.05, 0) is 36.1 Å². The largest absolute Gasteiger partial charge is 0.355 e. The predicted molar refractivity (Wildman–Crippen MR) is 110 cm³/mol. The Kier molecular flexibility index (Phi) is 5.12. The molecule has 1 amide bonds. The molecule has 1 aromatic heterocycles. The molecule has 0 bridgehead atoms. The van der Waals surface area contributed by atoms with Gasteiger partial charge in [-0.3, -0.25) is 4.79 Å². The molecule has 0 unspecified atom stereocenters. The van der Waals surface area contributed by atoms with Gasteiger partial charge in [-0.2, -0.15) is 0 Å². The Hall–Kier alpha value is -2.40. The number of halogens is 1. The van der Waals surface area contributed by atoms with Crippen molar-refractivity contribution in [2.45, 2.75) is 31.2 Å². The van der Waals surface area contributed by atoms with Crippen LogP contribution in [0.15, 0.2) is 71.5 Å². The predicted octanol–water partition coefficient (Wildman–Crippen LogP) is 4.08. The summed E-state index contributed by atoms with van der Waals surface area (Å²) in [4.78, 5) is 17.2. The Labute approximate surface area is 167 Å². The first-order chi connectivity index (χ1) is 13.2. The molecule has 0 saturated heterocycles. The molecule has 5 heteroatoms. The van der Waals surface area contributed by atoms with Crippen LogP contribution in [-0.4, -0.2) is 22.0 Å². The lowest BCUT2D eigenvalue weighted by Gasteiger charge is -2.16. The number of amides is 1. The van der Waals surface area contributed by atoms with Crippen LogP contribution in [0.25, 0.3) is 0 Å². The summed E-state index contributed by atoms with van der Waals surface area (Å²) >= 11 is 3.45. The van der Waals surface area contributed by atoms with Crippen LogP contribution in [-0.2, 0) is 23.2 Å². The molecule has 0 aliphatic heterocycles. The summed E-state index contributed by atoms with van der Waals surface area (Å²) < 4.78 is 3.18. The van der Waals surface area contributed by atoms with Gasteiger partial charge < -0.3 is 9.88 Å². The van der Waals surface area contributed by atoms with E-state index in [1.165, 1.54) is 5.56 Å². The smallest absolute Gasteiger partial charge is 0.230 e. The fourth-order valence-corrected chi connectivity index (χ4v) is 3.75. The van der Waals surface area contributed by atoms with E-state index in [-0.39, 0.29) is 11.3 Å². The first-order valence-corrected chi connectivity index (χ1v) is 10.0. The number of carbonyl (C=O) groups excluding carboxylic acids is 1. The summed E-state index contributed by atoms with van der Waals surface area (Å²) in [5.41, 5.74) is 2.02. The second kappa shape index (κ2) is 7.69. The molecule has 138 valence electrons. The zero-order valence-electron chi connectivity index (χ0n) is 15.1. The van der Waals surface area contributed by atoms with Crippen LogP contribution < -0.4 is 5.32 Å². The fraction of sp³-hybridized carbons (Fsp3) is 0.273. The Morgan fingerprint density at radius 2 is 1.85 bits per heavy atom. The van der Waals surface area contributed by atoms with Crippen molar-refractivity contribution >= 4 is 21.8 Å². The van der Waals surface area contributed by atoms with Crippen molar-refractivity contribution in [3.8, 4) is 0 Å². The van der Waals surface area contributed by atoms with Gasteiger partial charge in [0.25, 0.3) is 0 Å². The average molecular weight is 424 g/mol. The summed E-state index contributed by atoms with van der Waals surface area (Å²) in [6.07, 6.45) is 6.38. The normalized spacial score (nSPS) is 14.7. The number of hydrogen-bond donors (Lipinski definition) is 1. The maximum Gasteiger partial charge on any atom is 0.230 e. The summed E-state index contributed by atoms with van der Waals surface area (Å²) in [6.45, 7) is 1.40. The zero-order valence-corrected chi connectivity index (χ0v) is 16.7. The molecule has 4 rings (SSSR count). The lowest BCUT2D eigenvalue weighted by molar-refractivity contribution is -0.123. The molecule has 2 aromatic carbocycles. The molecule has 1 fully saturated rings. The van der Waals surface area contributed by atoms with Crippen LogP contribution in [0, 0.1) is 0 Å². The van der Waals surface area contributed by atoms with E-state index in [1.54, 1.807) is 0 Å². The number of nitrogens with zero attached hydrogens (tertiary/aromatic N) is 2. The van der Waals surface area contributed by atoms with Crippen LogP contribution in [0.1, 0.15) is 29.8 Å². The number of nitrogens with one attached hydrogen (secondary N) is 1. The Morgan fingerprint density at radius 1 is 1.11 bits per heavy atom. The minimum Gasteiger partial charge on any atom is -0.355 e. The van der Waals surface area contributed by atoms with Gasteiger partial charge in [0.15, 0.2) is 0 Å². The highest BCUT2D eigenvalue weighted by Gasteiger charge is 2.50. The quantitative estimate of drug-likeness (QED) is 0.621. The van der Waals surface area contributed by atoms with E-state index in [1.807, 2.05) is 54.9 Å². The van der Waals surface area contributed by atoms with Gasteiger partial charge in [-0.15, -0.1) is 0 Å². The topological polar surface area (TPSA) is 46.9 Å². The number of benzene rings is 2. The molecule has 1 aliphatic rings. The average Bonchev–Trinajstić information content (AvgIpc) is 3.39. The monoisotopic (exact) mass is 423 g/mol. The van der Waals surface area contributed by atoms with Gasteiger partial charge in [-0.25, -0.2) is 4.98 Å². The zero-order chi connectivity index (χ0) is 18.7. The molecule has 1 aliphatic carbocycles. The van der Waals surface area contributed by atoms with E-state index >= 15 is 0 Å². The Balaban J connectivity index is 1.35. The highest BCUT2D eigenvalue weighted by molar-refractivity contribution is 9.10. The van der Waals surface area contributed by atoms with Crippen molar-refractivity contribution in [3.05, 3.63) is 88.4 Å². The second-order valence-electron chi connectivity index (χ2n) is 7.05. The Morgan fingerprint density at radius 3 is 2.56 bits per heavy atom. The van der Waals surface area contributed by atoms with Gasteiger partial charge in [0.2, 0.25) is 5.91 Å². The van der Waals surface area contributed by atoms with E-state index in [9.17, 15) is 4.79 Å². The number of carbonyl (C=O) groups is 1. The maximum atomic E-state index is 12.8. The lowest BCUT2D eigenvalue weighted by Crippen LogP contribution is -2.36. The summed E-state index contributed by atoms with van der Waals surface area (Å²) in [6, 6.07) is 18.4. The fourth-order valence-electron chi connectivity index (χ4n) is 3.49. The van der Waals surface area contributed by atoms with Gasteiger partial charge in [0.1, 0.15) is 5.82 Å². The van der Waals surface area contributed by atoms with Crippen molar-refractivity contribution < 1.29 is 4.79 Å². The molecule has 1 saturated carbocycles. The first-order valence-electron chi connectivity index (χ1n) is 9.26. The van der Waals surface area contributed by atoms with E-state index < -0.39 is 0 Å². The van der Waals surface area contributed by atoms with Gasteiger partial charge in [0, 0.05) is 36.4 Å².